The molecule has 0 spiro atoms. The maximum absolute atomic E-state index is 11.5. The molecule has 0 fully saturated rings. The molecule has 1 N–H and O–H groups in total. The molecule has 1 rings (SSSR count). The van der Waals surface area contributed by atoms with Gasteiger partial charge in [-0.2, -0.15) is 8.42 Å². The monoisotopic (exact) mass is 233 g/mol. The van der Waals surface area contributed by atoms with Gasteiger partial charge < -0.3 is 0 Å². The quantitative estimate of drug-likeness (QED) is 0.447. The number of sulfonamides is 1. The van der Waals surface area contributed by atoms with Gasteiger partial charge in [-0.1, -0.05) is 24.3 Å². The van der Waals surface area contributed by atoms with E-state index >= 15 is 0 Å². The molecule has 0 amide bonds. The molecule has 0 bridgehead atoms. The summed E-state index contributed by atoms with van der Waals surface area (Å²) in [6.45, 7) is 5.29. The minimum absolute atomic E-state index is 0. The summed E-state index contributed by atoms with van der Waals surface area (Å²) in [5.74, 6) is 0. The fourth-order valence-corrected chi connectivity index (χ4v) is 1.83. The van der Waals surface area contributed by atoms with E-state index in [1.807, 2.05) is 6.92 Å². The van der Waals surface area contributed by atoms with E-state index in [0.29, 0.717) is 0 Å². The Morgan fingerprint density at radius 1 is 1.27 bits per heavy atom. The smallest absolute Gasteiger partial charge is 0.159 e. The average Bonchev–Trinajstić information content (AvgIpc) is 2.16. The van der Waals surface area contributed by atoms with Crippen LogP contribution in [0.3, 0.4) is 0 Å². The molecule has 0 atom stereocenters. The number of rotatable bonds is 3. The maximum Gasteiger partial charge on any atom is 1.00 e. The molecule has 1 aromatic carbocycles. The Labute approximate surface area is 112 Å². The summed E-state index contributed by atoms with van der Waals surface area (Å²) in [7, 11) is -3.42. The van der Waals surface area contributed by atoms with Crippen LogP contribution in [0.25, 0.3) is 0 Å². The van der Waals surface area contributed by atoms with Crippen LogP contribution in [0.2, 0.25) is 0 Å². The number of aryl methyl sites for hydroxylation is 1. The van der Waals surface area contributed by atoms with Crippen molar-refractivity contribution in [1.29, 1.82) is 0 Å². The van der Waals surface area contributed by atoms with Gasteiger partial charge in [-0.25, -0.2) is 0 Å². The molecule has 0 aliphatic rings. The van der Waals surface area contributed by atoms with E-state index in [0.717, 1.165) is 5.56 Å². The Bertz CT molecular complexity index is 449. The zero-order valence-corrected chi connectivity index (χ0v) is 11.7. The zero-order valence-electron chi connectivity index (χ0n) is 8.90. The van der Waals surface area contributed by atoms with Crippen molar-refractivity contribution in [2.45, 2.75) is 11.8 Å². The third-order valence-corrected chi connectivity index (χ3v) is 3.01. The SMILES string of the molecule is C=C/C=[NH+]\S(=O)(=O)c1ccc(C)cc1.[Na+]. The predicted octanol–water partition coefficient (Wildman–Crippen LogP) is -2.97. The van der Waals surface area contributed by atoms with Gasteiger partial charge in [-0.3, -0.25) is 0 Å². The maximum atomic E-state index is 11.5. The second-order valence-electron chi connectivity index (χ2n) is 2.84. The Morgan fingerprint density at radius 2 is 1.80 bits per heavy atom. The van der Waals surface area contributed by atoms with Crippen LogP contribution in [0.15, 0.2) is 41.8 Å². The van der Waals surface area contributed by atoms with E-state index in [9.17, 15) is 8.42 Å². The van der Waals surface area contributed by atoms with Crippen LogP contribution in [0.4, 0.5) is 0 Å². The molecule has 1 aromatic rings. The van der Waals surface area contributed by atoms with E-state index in [4.69, 9.17) is 0 Å². The molecule has 0 unspecified atom stereocenters. The van der Waals surface area contributed by atoms with Crippen LogP contribution in [0.5, 0.6) is 0 Å². The standard InChI is InChI=1S/C10H11NO2S.Na/c1-3-8-11-14(12,13)10-6-4-9(2)5-7-10;/h3-8H,1H2,2H3;/q;+1/p+1/b11-8-;. The van der Waals surface area contributed by atoms with Gasteiger partial charge in [-0.05, 0) is 25.1 Å². The molecular weight excluding hydrogens is 221 g/mol. The van der Waals surface area contributed by atoms with E-state index in [2.05, 4.69) is 11.0 Å². The molecule has 0 heterocycles. The van der Waals surface area contributed by atoms with Crippen molar-refractivity contribution in [3.8, 4) is 0 Å². The molecule has 0 saturated carbocycles. The molecule has 15 heavy (non-hydrogen) atoms. The van der Waals surface area contributed by atoms with Gasteiger partial charge in [0.25, 0.3) is 0 Å². The van der Waals surface area contributed by atoms with Gasteiger partial charge in [-0.15, -0.1) is 4.40 Å². The van der Waals surface area contributed by atoms with Crippen molar-refractivity contribution in [3.63, 3.8) is 0 Å². The molecule has 0 aliphatic carbocycles. The Balaban J connectivity index is 0.00000196. The van der Waals surface area contributed by atoms with Crippen molar-refractivity contribution in [2.24, 2.45) is 0 Å². The summed E-state index contributed by atoms with van der Waals surface area (Å²) in [5, 5.41) is 0. The largest absolute Gasteiger partial charge is 1.00 e. The fourth-order valence-electron chi connectivity index (χ4n) is 0.923. The molecule has 0 aromatic heterocycles. The number of benzene rings is 1. The van der Waals surface area contributed by atoms with Gasteiger partial charge in [0.15, 0.2) is 6.21 Å². The van der Waals surface area contributed by atoms with Gasteiger partial charge in [0.2, 0.25) is 0 Å². The second kappa shape index (κ2) is 6.23. The summed E-state index contributed by atoms with van der Waals surface area (Å²) in [4.78, 5) is 0.251. The van der Waals surface area contributed by atoms with E-state index in [1.165, 1.54) is 12.3 Å². The molecule has 3 nitrogen and oxygen atoms in total. The normalized spacial score (nSPS) is 11.0. The van der Waals surface area contributed by atoms with E-state index in [-0.39, 0.29) is 34.5 Å². The third-order valence-electron chi connectivity index (χ3n) is 1.67. The first-order valence-electron chi connectivity index (χ1n) is 4.09. The van der Waals surface area contributed by atoms with Gasteiger partial charge >= 0.3 is 39.6 Å². The molecule has 74 valence electrons. The van der Waals surface area contributed by atoms with Crippen LogP contribution in [-0.4, -0.2) is 14.6 Å². The minimum atomic E-state index is -3.42. The Hall–Kier alpha value is -0.420. The predicted molar refractivity (Wildman–Crippen MR) is 55.6 cm³/mol. The average molecular weight is 233 g/mol. The second-order valence-corrected chi connectivity index (χ2v) is 4.55. The Morgan fingerprint density at radius 3 is 2.27 bits per heavy atom. The Kier molecular flexibility index (Phi) is 6.05. The fraction of sp³-hybridized carbons (Fsp3) is 0.100. The topological polar surface area (TPSA) is 48.1 Å². The van der Waals surface area contributed by atoms with Crippen molar-refractivity contribution in [3.05, 3.63) is 42.5 Å². The molecule has 0 aliphatic heterocycles. The van der Waals surface area contributed by atoms with Crippen molar-refractivity contribution in [2.75, 3.05) is 0 Å². The van der Waals surface area contributed by atoms with Crippen molar-refractivity contribution in [1.82, 2.24) is 0 Å². The number of nitrogens with one attached hydrogen (secondary N) is 1. The zero-order chi connectivity index (χ0) is 10.6. The molecule has 5 heteroatoms. The van der Waals surface area contributed by atoms with Crippen molar-refractivity contribution < 1.29 is 42.4 Å². The van der Waals surface area contributed by atoms with Gasteiger partial charge in [0.1, 0.15) is 4.90 Å². The molecular formula is C10H12NNaO2S+2. The van der Waals surface area contributed by atoms with Crippen LogP contribution in [-0.2, 0) is 10.0 Å². The van der Waals surface area contributed by atoms with E-state index < -0.39 is 10.0 Å². The first-order valence-corrected chi connectivity index (χ1v) is 5.58. The molecule has 0 saturated heterocycles. The van der Waals surface area contributed by atoms with Crippen LogP contribution < -0.4 is 34.0 Å². The van der Waals surface area contributed by atoms with Crippen LogP contribution in [0, 0.1) is 6.92 Å². The van der Waals surface area contributed by atoms with E-state index in [1.54, 1.807) is 24.3 Å². The van der Waals surface area contributed by atoms with Crippen LogP contribution in [0.1, 0.15) is 5.56 Å². The summed E-state index contributed by atoms with van der Waals surface area (Å²) < 4.78 is 25.3. The third kappa shape index (κ3) is 4.30. The summed E-state index contributed by atoms with van der Waals surface area (Å²) in [6, 6.07) is 6.63. The van der Waals surface area contributed by atoms with Crippen LogP contribution >= 0.6 is 0 Å². The summed E-state index contributed by atoms with van der Waals surface area (Å²) in [5.41, 5.74) is 1.02. The summed E-state index contributed by atoms with van der Waals surface area (Å²) in [6.07, 6.45) is 2.67. The number of allylic oxidation sites excluding steroid dienone is 1. The number of hydrogen-bond acceptors (Lipinski definition) is 2. The van der Waals surface area contributed by atoms with Gasteiger partial charge in [0.05, 0.1) is 0 Å². The van der Waals surface area contributed by atoms with Crippen molar-refractivity contribution >= 4 is 16.2 Å². The summed E-state index contributed by atoms with van der Waals surface area (Å²) >= 11 is 0. The minimum Gasteiger partial charge on any atom is -0.159 e. The molecule has 0 radical (unpaired) electrons. The number of hydrogen-bond donors (Lipinski definition) is 1. The first-order chi connectivity index (χ1) is 6.56. The first kappa shape index (κ1) is 14.6. The van der Waals surface area contributed by atoms with Gasteiger partial charge in [0, 0.05) is 0 Å².